The number of benzene rings is 1. The average Bonchev–Trinajstić information content (AvgIpc) is 3.01. The molecule has 2 aromatic rings. The van der Waals surface area contributed by atoms with Crippen LogP contribution >= 0.6 is 0 Å². The molecule has 1 aliphatic heterocycles. The van der Waals surface area contributed by atoms with Gasteiger partial charge in [-0.05, 0) is 24.0 Å². The number of aryl methyl sites for hydroxylation is 1. The van der Waals surface area contributed by atoms with Gasteiger partial charge in [0, 0.05) is 20.1 Å². The first kappa shape index (κ1) is 15.9. The van der Waals surface area contributed by atoms with E-state index in [9.17, 15) is 13.2 Å². The largest absolute Gasteiger partial charge is 0.338 e. The molecule has 8 heteroatoms. The second-order valence-electron chi connectivity index (χ2n) is 6.31. The monoisotopic (exact) mass is 336 g/mol. The van der Waals surface area contributed by atoms with Crippen molar-refractivity contribution in [2.75, 3.05) is 18.8 Å². The summed E-state index contributed by atoms with van der Waals surface area (Å²) >= 11 is 0. The van der Waals surface area contributed by atoms with Gasteiger partial charge in [-0.3, -0.25) is 4.79 Å². The van der Waals surface area contributed by atoms with Crippen LogP contribution in [0.5, 0.6) is 0 Å². The lowest BCUT2D eigenvalue weighted by atomic mass is 10.0. The molecule has 2 heterocycles. The molecule has 3 rings (SSSR count). The molecule has 0 bridgehead atoms. The van der Waals surface area contributed by atoms with Gasteiger partial charge in [0.1, 0.15) is 0 Å². The number of amides is 1. The van der Waals surface area contributed by atoms with E-state index in [4.69, 9.17) is 5.14 Å². The predicted octanol–water partition coefficient (Wildman–Crippen LogP) is 0.570. The Balaban J connectivity index is 1.88. The standard InChI is InChI=1S/C15H20N4O3S/c1-10-6-19(7-11(10)8-23(16,21)22)15(20)12-4-3-5-13-14(12)18(2)9-17-13/h3-5,9-11H,6-8H2,1-2H3,(H2,16,21,22)/t10-,11+/m1/s1. The number of para-hydroxylation sites is 1. The number of rotatable bonds is 3. The number of carbonyl (C=O) groups excluding carboxylic acids is 1. The van der Waals surface area contributed by atoms with Crippen molar-refractivity contribution in [2.24, 2.45) is 24.0 Å². The maximum absolute atomic E-state index is 12.9. The third kappa shape index (κ3) is 3.09. The van der Waals surface area contributed by atoms with E-state index in [1.165, 1.54) is 0 Å². The van der Waals surface area contributed by atoms with Gasteiger partial charge in [-0.15, -0.1) is 0 Å². The van der Waals surface area contributed by atoms with Gasteiger partial charge in [0.05, 0.1) is 28.7 Å². The van der Waals surface area contributed by atoms with Crippen LogP contribution in [0.4, 0.5) is 0 Å². The summed E-state index contributed by atoms with van der Waals surface area (Å²) in [5.41, 5.74) is 2.15. The summed E-state index contributed by atoms with van der Waals surface area (Å²) in [5, 5.41) is 5.15. The van der Waals surface area contributed by atoms with Crippen LogP contribution in [0.25, 0.3) is 11.0 Å². The molecule has 0 aliphatic carbocycles. The number of fused-ring (bicyclic) bond motifs is 1. The number of carbonyl (C=O) groups is 1. The van der Waals surface area contributed by atoms with Crippen LogP contribution in [0, 0.1) is 11.8 Å². The average molecular weight is 336 g/mol. The van der Waals surface area contributed by atoms with Crippen molar-refractivity contribution in [1.82, 2.24) is 14.5 Å². The lowest BCUT2D eigenvalue weighted by molar-refractivity contribution is 0.0786. The highest BCUT2D eigenvalue weighted by atomic mass is 32.2. The smallest absolute Gasteiger partial charge is 0.256 e. The number of imidazole rings is 1. The lowest BCUT2D eigenvalue weighted by Gasteiger charge is -2.17. The fourth-order valence-electron chi connectivity index (χ4n) is 3.27. The van der Waals surface area contributed by atoms with Crippen molar-refractivity contribution in [3.8, 4) is 0 Å². The highest BCUT2D eigenvalue weighted by Gasteiger charge is 2.35. The second-order valence-corrected chi connectivity index (χ2v) is 7.96. The number of nitrogens with two attached hydrogens (primary N) is 1. The summed E-state index contributed by atoms with van der Waals surface area (Å²) in [6, 6.07) is 5.45. The maximum Gasteiger partial charge on any atom is 0.256 e. The minimum Gasteiger partial charge on any atom is -0.338 e. The summed E-state index contributed by atoms with van der Waals surface area (Å²) < 4.78 is 24.5. The molecule has 0 spiro atoms. The van der Waals surface area contributed by atoms with Crippen LogP contribution in [0.2, 0.25) is 0 Å². The Morgan fingerprint density at radius 3 is 2.83 bits per heavy atom. The van der Waals surface area contributed by atoms with E-state index >= 15 is 0 Å². The zero-order valence-electron chi connectivity index (χ0n) is 13.1. The van der Waals surface area contributed by atoms with Gasteiger partial charge in [-0.25, -0.2) is 18.5 Å². The fraction of sp³-hybridized carbons (Fsp3) is 0.467. The van der Waals surface area contributed by atoms with Crippen LogP contribution in [-0.4, -0.2) is 47.6 Å². The van der Waals surface area contributed by atoms with Crippen LogP contribution in [-0.2, 0) is 17.1 Å². The summed E-state index contributed by atoms with van der Waals surface area (Å²) in [4.78, 5) is 18.8. The number of hydrogen-bond acceptors (Lipinski definition) is 4. The van der Waals surface area contributed by atoms with Crippen molar-refractivity contribution in [2.45, 2.75) is 6.92 Å². The van der Waals surface area contributed by atoms with E-state index in [1.54, 1.807) is 17.3 Å². The lowest BCUT2D eigenvalue weighted by Crippen LogP contribution is -2.31. The number of primary sulfonamides is 1. The molecule has 23 heavy (non-hydrogen) atoms. The Bertz CT molecular complexity index is 859. The molecule has 0 saturated carbocycles. The first-order valence-corrected chi connectivity index (χ1v) is 9.17. The van der Waals surface area contributed by atoms with Crippen LogP contribution in [0.1, 0.15) is 17.3 Å². The summed E-state index contributed by atoms with van der Waals surface area (Å²) in [7, 11) is -1.69. The minimum atomic E-state index is -3.54. The Hall–Kier alpha value is -1.93. The molecule has 2 N–H and O–H groups in total. The molecule has 1 aromatic heterocycles. The number of aromatic nitrogens is 2. The first-order chi connectivity index (χ1) is 10.8. The van der Waals surface area contributed by atoms with E-state index in [-0.39, 0.29) is 23.5 Å². The third-order valence-corrected chi connectivity index (χ3v) is 5.36. The zero-order chi connectivity index (χ0) is 16.8. The molecule has 1 aliphatic rings. The van der Waals surface area contributed by atoms with Crippen molar-refractivity contribution in [1.29, 1.82) is 0 Å². The highest BCUT2D eigenvalue weighted by Crippen LogP contribution is 2.27. The first-order valence-electron chi connectivity index (χ1n) is 7.46. The summed E-state index contributed by atoms with van der Waals surface area (Å²) in [6.07, 6.45) is 1.68. The minimum absolute atomic E-state index is 0.0894. The van der Waals surface area contributed by atoms with E-state index in [0.29, 0.717) is 18.7 Å². The molecule has 1 aromatic carbocycles. The van der Waals surface area contributed by atoms with Crippen LogP contribution < -0.4 is 5.14 Å². The van der Waals surface area contributed by atoms with Gasteiger partial charge < -0.3 is 9.47 Å². The molecule has 124 valence electrons. The maximum atomic E-state index is 12.9. The van der Waals surface area contributed by atoms with Gasteiger partial charge in [0.25, 0.3) is 5.91 Å². The molecule has 7 nitrogen and oxygen atoms in total. The summed E-state index contributed by atoms with van der Waals surface area (Å²) in [6.45, 7) is 2.89. The SMILES string of the molecule is C[C@@H]1CN(C(=O)c2cccc3ncn(C)c23)C[C@H]1CS(N)(=O)=O. The Morgan fingerprint density at radius 1 is 1.39 bits per heavy atom. The van der Waals surface area contributed by atoms with Crippen molar-refractivity contribution >= 4 is 27.0 Å². The van der Waals surface area contributed by atoms with Gasteiger partial charge in [-0.1, -0.05) is 13.0 Å². The quantitative estimate of drug-likeness (QED) is 0.886. The van der Waals surface area contributed by atoms with E-state index in [1.807, 2.05) is 30.7 Å². The van der Waals surface area contributed by atoms with E-state index < -0.39 is 10.0 Å². The fourth-order valence-corrected chi connectivity index (χ4v) is 4.30. The number of nitrogens with zero attached hydrogens (tertiary/aromatic N) is 3. The van der Waals surface area contributed by atoms with Gasteiger partial charge in [-0.2, -0.15) is 0 Å². The Kier molecular flexibility index (Phi) is 3.89. The number of likely N-dealkylation sites (tertiary alicyclic amines) is 1. The third-order valence-electron chi connectivity index (χ3n) is 4.47. The molecule has 2 atom stereocenters. The number of hydrogen-bond donors (Lipinski definition) is 1. The van der Waals surface area contributed by atoms with Crippen LogP contribution in [0.3, 0.4) is 0 Å². The van der Waals surface area contributed by atoms with Gasteiger partial charge in [0.15, 0.2) is 0 Å². The topological polar surface area (TPSA) is 98.3 Å². The molecule has 0 unspecified atom stereocenters. The highest BCUT2D eigenvalue weighted by molar-refractivity contribution is 7.89. The Morgan fingerprint density at radius 2 is 2.13 bits per heavy atom. The molecule has 1 saturated heterocycles. The van der Waals surface area contributed by atoms with Crippen molar-refractivity contribution in [3.63, 3.8) is 0 Å². The van der Waals surface area contributed by atoms with Crippen molar-refractivity contribution in [3.05, 3.63) is 30.1 Å². The van der Waals surface area contributed by atoms with E-state index in [0.717, 1.165) is 11.0 Å². The molecule has 1 amide bonds. The Labute approximate surface area is 135 Å². The molecule has 1 fully saturated rings. The normalized spacial score (nSPS) is 22.0. The predicted molar refractivity (Wildman–Crippen MR) is 87.2 cm³/mol. The molecular formula is C15H20N4O3S. The zero-order valence-corrected chi connectivity index (χ0v) is 14.0. The number of sulfonamides is 1. The van der Waals surface area contributed by atoms with E-state index in [2.05, 4.69) is 4.98 Å². The molecular weight excluding hydrogens is 316 g/mol. The van der Waals surface area contributed by atoms with Gasteiger partial charge >= 0.3 is 0 Å². The summed E-state index contributed by atoms with van der Waals surface area (Å²) in [5.74, 6) is -0.209. The second kappa shape index (κ2) is 5.61. The van der Waals surface area contributed by atoms with Crippen molar-refractivity contribution < 1.29 is 13.2 Å². The molecule has 0 radical (unpaired) electrons. The van der Waals surface area contributed by atoms with Gasteiger partial charge in [0.2, 0.25) is 10.0 Å². The van der Waals surface area contributed by atoms with Crippen LogP contribution in [0.15, 0.2) is 24.5 Å².